The van der Waals surface area contributed by atoms with Gasteiger partial charge in [0.25, 0.3) is 0 Å². The maximum atomic E-state index is 14.8. The molecule has 0 spiro atoms. The summed E-state index contributed by atoms with van der Waals surface area (Å²) >= 11 is 0. The van der Waals surface area contributed by atoms with Gasteiger partial charge in [0.1, 0.15) is 23.1 Å². The van der Waals surface area contributed by atoms with Crippen molar-refractivity contribution in [2.24, 2.45) is 4.99 Å². The molecule has 0 saturated carbocycles. The predicted octanol–water partition coefficient (Wildman–Crippen LogP) is 7.01. The Morgan fingerprint density at radius 1 is 0.969 bits per heavy atom. The fourth-order valence-corrected chi connectivity index (χ4v) is 3.83. The van der Waals surface area contributed by atoms with Gasteiger partial charge >= 0.3 is 0 Å². The zero-order valence-corrected chi connectivity index (χ0v) is 19.0. The zero-order valence-electron chi connectivity index (χ0n) is 19.0. The minimum Gasteiger partial charge on any atom is -0.497 e. The first-order valence-corrected chi connectivity index (χ1v) is 10.5. The zero-order chi connectivity index (χ0) is 22.9. The second-order valence-electron chi connectivity index (χ2n) is 8.46. The van der Waals surface area contributed by atoms with Crippen LogP contribution in [-0.4, -0.2) is 25.9 Å². The van der Waals surface area contributed by atoms with Gasteiger partial charge in [-0.25, -0.2) is 4.39 Å². The summed E-state index contributed by atoms with van der Waals surface area (Å²) in [4.78, 5) is 6.56. The van der Waals surface area contributed by atoms with Crippen molar-refractivity contribution in [3.8, 4) is 17.2 Å². The number of ether oxygens (including phenoxy) is 2. The Balaban J connectivity index is 1.53. The molecule has 0 aromatic heterocycles. The van der Waals surface area contributed by atoms with Crippen molar-refractivity contribution in [2.75, 3.05) is 19.1 Å². The van der Waals surface area contributed by atoms with Gasteiger partial charge in [0.2, 0.25) is 0 Å². The average molecular weight is 431 g/mol. The second kappa shape index (κ2) is 8.50. The first kappa shape index (κ1) is 21.6. The summed E-state index contributed by atoms with van der Waals surface area (Å²) in [5.41, 5.74) is 4.07. The van der Waals surface area contributed by atoms with E-state index >= 15 is 0 Å². The molecule has 0 N–H and O–H groups in total. The number of anilines is 1. The second-order valence-corrected chi connectivity index (χ2v) is 8.46. The van der Waals surface area contributed by atoms with E-state index in [1.165, 1.54) is 0 Å². The fraction of sp³-hybridized carbons (Fsp3) is 0.222. The fourth-order valence-electron chi connectivity index (χ4n) is 3.83. The number of aliphatic imine (C=N–C) groups is 1. The molecule has 164 valence electrons. The third kappa shape index (κ3) is 4.37. The molecule has 5 heteroatoms. The molecule has 0 saturated heterocycles. The third-order valence-electron chi connectivity index (χ3n) is 5.80. The highest BCUT2D eigenvalue weighted by Gasteiger charge is 2.29. The molecule has 0 radical (unpaired) electrons. The Kier molecular flexibility index (Phi) is 5.74. The summed E-state index contributed by atoms with van der Waals surface area (Å²) in [5.74, 6) is 1.82. The maximum absolute atomic E-state index is 14.8. The number of halogens is 1. The van der Waals surface area contributed by atoms with Gasteiger partial charge in [0.05, 0.1) is 18.3 Å². The summed E-state index contributed by atoms with van der Waals surface area (Å²) in [6.07, 6.45) is 3.77. The molecule has 1 aliphatic heterocycles. The van der Waals surface area contributed by atoms with Gasteiger partial charge in [-0.2, -0.15) is 0 Å². The largest absolute Gasteiger partial charge is 0.497 e. The average Bonchev–Trinajstić information content (AvgIpc) is 2.77. The molecule has 0 aliphatic carbocycles. The van der Waals surface area contributed by atoms with Crippen LogP contribution in [0.5, 0.6) is 17.2 Å². The number of allylic oxidation sites excluding steroid dienone is 1. The van der Waals surface area contributed by atoms with Gasteiger partial charge in [0, 0.05) is 36.1 Å². The Bertz CT molecular complexity index is 1200. The van der Waals surface area contributed by atoms with E-state index in [0.717, 1.165) is 22.6 Å². The number of rotatable bonds is 5. The molecule has 0 unspecified atom stereocenters. The van der Waals surface area contributed by atoms with Crippen LogP contribution in [0.4, 0.5) is 15.8 Å². The van der Waals surface area contributed by atoms with Gasteiger partial charge in [-0.05, 0) is 74.9 Å². The van der Waals surface area contributed by atoms with E-state index in [4.69, 9.17) is 9.47 Å². The minimum atomic E-state index is -0.289. The molecule has 3 aromatic rings. The van der Waals surface area contributed by atoms with Crippen LogP contribution < -0.4 is 14.4 Å². The number of methoxy groups -OCH3 is 1. The molecule has 0 atom stereocenters. The van der Waals surface area contributed by atoms with Gasteiger partial charge in [-0.1, -0.05) is 12.1 Å². The van der Waals surface area contributed by atoms with E-state index in [9.17, 15) is 4.39 Å². The first-order valence-electron chi connectivity index (χ1n) is 10.5. The minimum absolute atomic E-state index is 0.159. The summed E-state index contributed by atoms with van der Waals surface area (Å²) in [5, 5.41) is 0. The normalized spacial score (nSPS) is 14.8. The molecule has 4 nitrogen and oxygen atoms in total. The van der Waals surface area contributed by atoms with E-state index in [1.807, 2.05) is 61.6 Å². The van der Waals surface area contributed by atoms with Crippen LogP contribution in [0.2, 0.25) is 0 Å². The summed E-state index contributed by atoms with van der Waals surface area (Å²) < 4.78 is 25.9. The van der Waals surface area contributed by atoms with Crippen LogP contribution in [-0.2, 0) is 0 Å². The van der Waals surface area contributed by atoms with Crippen molar-refractivity contribution in [2.45, 2.75) is 26.3 Å². The van der Waals surface area contributed by atoms with E-state index in [1.54, 1.807) is 19.4 Å². The quantitative estimate of drug-likeness (QED) is 0.408. The summed E-state index contributed by atoms with van der Waals surface area (Å²) in [7, 11) is 3.61. The van der Waals surface area contributed by atoms with E-state index < -0.39 is 0 Å². The Labute approximate surface area is 188 Å². The highest BCUT2D eigenvalue weighted by molar-refractivity contribution is 5.89. The Hall–Kier alpha value is -3.60. The van der Waals surface area contributed by atoms with Gasteiger partial charge < -0.3 is 14.4 Å². The van der Waals surface area contributed by atoms with Gasteiger partial charge in [-0.15, -0.1) is 0 Å². The van der Waals surface area contributed by atoms with Crippen LogP contribution in [0.25, 0.3) is 5.57 Å². The Morgan fingerprint density at radius 2 is 1.69 bits per heavy atom. The standard InChI is InChI=1S/C27H27FN2O2/c1-18-16-27(2,3)30(4)26-15-25(28)19(13-24(18)26)17-29-20-9-11-21(12-10-20)32-23-8-6-7-22(14-23)31-5/h6-17H,1-5H3. The number of fused-ring (bicyclic) bond motifs is 1. The van der Waals surface area contributed by atoms with Crippen molar-refractivity contribution < 1.29 is 13.9 Å². The number of hydrogen-bond donors (Lipinski definition) is 0. The maximum Gasteiger partial charge on any atom is 0.134 e. The smallest absolute Gasteiger partial charge is 0.134 e. The molecule has 0 fully saturated rings. The molecule has 0 bridgehead atoms. The van der Waals surface area contributed by atoms with Crippen LogP contribution >= 0.6 is 0 Å². The molecular weight excluding hydrogens is 403 g/mol. The molecule has 32 heavy (non-hydrogen) atoms. The summed E-state index contributed by atoms with van der Waals surface area (Å²) in [6, 6.07) is 18.2. The SMILES string of the molecule is COc1cccc(Oc2ccc(N=Cc3cc4c(cc3F)N(C)C(C)(C)C=C4C)cc2)c1. The lowest BCUT2D eigenvalue weighted by Crippen LogP contribution is -2.42. The lowest BCUT2D eigenvalue weighted by atomic mass is 9.88. The predicted molar refractivity (Wildman–Crippen MR) is 129 cm³/mol. The third-order valence-corrected chi connectivity index (χ3v) is 5.80. The molecule has 3 aromatic carbocycles. The monoisotopic (exact) mass is 430 g/mol. The molecular formula is C27H27FN2O2. The first-order chi connectivity index (χ1) is 15.3. The van der Waals surface area contributed by atoms with Crippen LogP contribution in [0, 0.1) is 5.82 Å². The highest BCUT2D eigenvalue weighted by Crippen LogP contribution is 2.39. The van der Waals surface area contributed by atoms with Crippen molar-refractivity contribution in [3.63, 3.8) is 0 Å². The number of benzene rings is 3. The number of hydrogen-bond acceptors (Lipinski definition) is 4. The van der Waals surface area contributed by atoms with Crippen molar-refractivity contribution >= 4 is 23.2 Å². The topological polar surface area (TPSA) is 34.1 Å². The van der Waals surface area contributed by atoms with Crippen LogP contribution in [0.3, 0.4) is 0 Å². The Morgan fingerprint density at radius 3 is 2.41 bits per heavy atom. The van der Waals surface area contributed by atoms with Crippen LogP contribution in [0.1, 0.15) is 31.9 Å². The number of nitrogens with zero attached hydrogens (tertiary/aromatic N) is 2. The molecule has 4 rings (SSSR count). The highest BCUT2D eigenvalue weighted by atomic mass is 19.1. The van der Waals surface area contributed by atoms with E-state index in [0.29, 0.717) is 22.7 Å². The molecule has 0 amide bonds. The van der Waals surface area contributed by atoms with Crippen molar-refractivity contribution in [1.82, 2.24) is 0 Å². The molecule has 1 heterocycles. The summed E-state index contributed by atoms with van der Waals surface area (Å²) in [6.45, 7) is 6.30. The lowest BCUT2D eigenvalue weighted by molar-refractivity contribution is 0.409. The van der Waals surface area contributed by atoms with Crippen molar-refractivity contribution in [1.29, 1.82) is 0 Å². The molecule has 1 aliphatic rings. The van der Waals surface area contributed by atoms with E-state index in [-0.39, 0.29) is 11.4 Å². The van der Waals surface area contributed by atoms with E-state index in [2.05, 4.69) is 36.7 Å². The van der Waals surface area contributed by atoms with Gasteiger partial charge in [-0.3, -0.25) is 4.99 Å². The lowest BCUT2D eigenvalue weighted by Gasteiger charge is -2.40. The number of likely N-dealkylation sites (N-methyl/N-ethyl adjacent to an activating group) is 1. The van der Waals surface area contributed by atoms with Gasteiger partial charge in [0.15, 0.2) is 0 Å². The van der Waals surface area contributed by atoms with Crippen LogP contribution in [0.15, 0.2) is 71.7 Å². The van der Waals surface area contributed by atoms with Crippen molar-refractivity contribution in [3.05, 3.63) is 83.7 Å².